The molecule has 0 bridgehead atoms. The van der Waals surface area contributed by atoms with Crippen molar-refractivity contribution in [2.24, 2.45) is 0 Å². The number of phenols is 1. The maximum Gasteiger partial charge on any atom is 0.326 e. The molecule has 0 unspecified atom stereocenters. The number of phenolic OH excluding ortho intramolecular Hbond substituents is 1. The van der Waals surface area contributed by atoms with Crippen molar-refractivity contribution in [1.82, 2.24) is 5.32 Å². The molecule has 0 fully saturated rings. The number of anilines is 1. The Morgan fingerprint density at radius 3 is 2.50 bits per heavy atom. The molecule has 0 saturated carbocycles. The van der Waals surface area contributed by atoms with Crippen molar-refractivity contribution in [3.8, 4) is 11.5 Å². The molecule has 0 spiro atoms. The van der Waals surface area contributed by atoms with Crippen LogP contribution in [0.2, 0.25) is 0 Å². The number of aromatic hydroxyl groups is 1. The summed E-state index contributed by atoms with van der Waals surface area (Å²) in [6, 6.07) is 3.00. The number of benzene rings is 1. The van der Waals surface area contributed by atoms with Crippen LogP contribution in [0, 0.1) is 0 Å². The number of aliphatic carboxylic acids is 1. The highest BCUT2D eigenvalue weighted by molar-refractivity contribution is 5.96. The maximum atomic E-state index is 11.8. The van der Waals surface area contributed by atoms with E-state index < -0.39 is 30.2 Å². The maximum absolute atomic E-state index is 11.8. The molecule has 0 aliphatic carbocycles. The van der Waals surface area contributed by atoms with Gasteiger partial charge in [0.15, 0.2) is 0 Å². The fourth-order valence-electron chi connectivity index (χ4n) is 1.71. The van der Waals surface area contributed by atoms with Gasteiger partial charge in [0.25, 0.3) is 0 Å². The molecule has 0 saturated heterocycles. The molecular formula is C14H18N2O6. The average molecular weight is 310 g/mol. The lowest BCUT2D eigenvalue weighted by Gasteiger charge is -2.14. The van der Waals surface area contributed by atoms with Crippen LogP contribution in [-0.2, 0) is 14.4 Å². The fourth-order valence-corrected chi connectivity index (χ4v) is 1.71. The van der Waals surface area contributed by atoms with Crippen LogP contribution < -0.4 is 15.4 Å². The van der Waals surface area contributed by atoms with Gasteiger partial charge in [-0.05, 0) is 19.1 Å². The Morgan fingerprint density at radius 1 is 1.32 bits per heavy atom. The van der Waals surface area contributed by atoms with Crippen molar-refractivity contribution in [3.05, 3.63) is 18.2 Å². The number of carboxylic acids is 1. The Hall–Kier alpha value is -2.77. The zero-order valence-electron chi connectivity index (χ0n) is 12.3. The lowest BCUT2D eigenvalue weighted by atomic mass is 10.2. The summed E-state index contributed by atoms with van der Waals surface area (Å²) >= 11 is 0. The largest absolute Gasteiger partial charge is 0.506 e. The third-order valence-corrected chi connectivity index (χ3v) is 2.62. The van der Waals surface area contributed by atoms with E-state index in [-0.39, 0.29) is 11.4 Å². The lowest BCUT2D eigenvalue weighted by molar-refractivity contribution is -0.142. The van der Waals surface area contributed by atoms with Crippen LogP contribution in [0.1, 0.15) is 20.3 Å². The summed E-state index contributed by atoms with van der Waals surface area (Å²) in [7, 11) is 0. The van der Waals surface area contributed by atoms with Crippen LogP contribution in [0.25, 0.3) is 0 Å². The number of carboxylic acid groups (broad SMARTS) is 1. The highest BCUT2D eigenvalue weighted by Gasteiger charge is 2.22. The smallest absolute Gasteiger partial charge is 0.326 e. The zero-order chi connectivity index (χ0) is 16.7. The van der Waals surface area contributed by atoms with E-state index in [1.807, 2.05) is 0 Å². The van der Waals surface area contributed by atoms with Gasteiger partial charge in [-0.3, -0.25) is 9.59 Å². The van der Waals surface area contributed by atoms with E-state index in [1.54, 1.807) is 13.0 Å². The van der Waals surface area contributed by atoms with Crippen molar-refractivity contribution in [2.75, 3.05) is 11.9 Å². The number of hydrogen-bond acceptors (Lipinski definition) is 5. The first-order valence-corrected chi connectivity index (χ1v) is 6.59. The van der Waals surface area contributed by atoms with Gasteiger partial charge < -0.3 is 25.6 Å². The molecule has 1 aromatic rings. The molecule has 8 nitrogen and oxygen atoms in total. The highest BCUT2D eigenvalue weighted by Crippen LogP contribution is 2.28. The molecule has 8 heteroatoms. The second kappa shape index (κ2) is 7.87. The van der Waals surface area contributed by atoms with Crippen molar-refractivity contribution >= 4 is 23.5 Å². The second-order valence-corrected chi connectivity index (χ2v) is 4.46. The molecule has 1 atom stereocenters. The molecule has 4 N–H and O–H groups in total. The van der Waals surface area contributed by atoms with E-state index >= 15 is 0 Å². The summed E-state index contributed by atoms with van der Waals surface area (Å²) in [6.07, 6.45) is -0.457. The Bertz CT molecular complexity index is 572. The monoisotopic (exact) mass is 310 g/mol. The van der Waals surface area contributed by atoms with Gasteiger partial charge in [0.1, 0.15) is 17.5 Å². The minimum Gasteiger partial charge on any atom is -0.506 e. The minimum atomic E-state index is -1.33. The normalized spacial score (nSPS) is 11.4. The van der Waals surface area contributed by atoms with Crippen molar-refractivity contribution in [2.45, 2.75) is 26.3 Å². The van der Waals surface area contributed by atoms with Crippen molar-refractivity contribution in [1.29, 1.82) is 0 Å². The van der Waals surface area contributed by atoms with Gasteiger partial charge in [0.05, 0.1) is 18.7 Å². The average Bonchev–Trinajstić information content (AvgIpc) is 2.41. The third-order valence-electron chi connectivity index (χ3n) is 2.62. The van der Waals surface area contributed by atoms with Crippen LogP contribution >= 0.6 is 0 Å². The Labute approximate surface area is 127 Å². The SMILES string of the molecule is CCOc1ccc(NC(=O)C[C@H](NC(C)=O)C(=O)O)c(O)c1. The van der Waals surface area contributed by atoms with Gasteiger partial charge in [-0.25, -0.2) is 4.79 Å². The summed E-state index contributed by atoms with van der Waals surface area (Å²) in [4.78, 5) is 33.6. The molecule has 0 heterocycles. The first-order valence-electron chi connectivity index (χ1n) is 6.59. The number of nitrogens with one attached hydrogen (secondary N) is 2. The number of hydrogen-bond donors (Lipinski definition) is 4. The van der Waals surface area contributed by atoms with Crippen LogP contribution in [-0.4, -0.2) is 40.6 Å². The number of ether oxygens (including phenoxy) is 1. The van der Waals surface area contributed by atoms with E-state index in [0.29, 0.717) is 12.4 Å². The van der Waals surface area contributed by atoms with Gasteiger partial charge >= 0.3 is 5.97 Å². The topological polar surface area (TPSA) is 125 Å². The molecule has 0 aliphatic rings. The molecule has 2 amide bonds. The van der Waals surface area contributed by atoms with Gasteiger partial charge in [-0.2, -0.15) is 0 Å². The molecule has 22 heavy (non-hydrogen) atoms. The number of carbonyl (C=O) groups is 3. The summed E-state index contributed by atoms with van der Waals surface area (Å²) in [5, 5.41) is 23.2. The van der Waals surface area contributed by atoms with Gasteiger partial charge in [-0.15, -0.1) is 0 Å². The Balaban J connectivity index is 2.71. The first kappa shape index (κ1) is 17.3. The summed E-state index contributed by atoms with van der Waals surface area (Å²) in [5.74, 6) is -2.28. The highest BCUT2D eigenvalue weighted by atomic mass is 16.5. The predicted molar refractivity (Wildman–Crippen MR) is 77.8 cm³/mol. The van der Waals surface area contributed by atoms with Crippen molar-refractivity contribution in [3.63, 3.8) is 0 Å². The second-order valence-electron chi connectivity index (χ2n) is 4.46. The number of carbonyl (C=O) groups excluding carboxylic acids is 2. The lowest BCUT2D eigenvalue weighted by Crippen LogP contribution is -2.42. The van der Waals surface area contributed by atoms with E-state index in [1.165, 1.54) is 12.1 Å². The molecule has 1 rings (SSSR count). The van der Waals surface area contributed by atoms with E-state index in [9.17, 15) is 19.5 Å². The molecular weight excluding hydrogens is 292 g/mol. The fraction of sp³-hybridized carbons (Fsp3) is 0.357. The molecule has 120 valence electrons. The third kappa shape index (κ3) is 5.31. The van der Waals surface area contributed by atoms with Crippen LogP contribution in [0.4, 0.5) is 5.69 Å². The van der Waals surface area contributed by atoms with Gasteiger partial charge in [-0.1, -0.05) is 0 Å². The molecule has 0 aromatic heterocycles. The summed E-state index contributed by atoms with van der Waals surface area (Å²) in [6.45, 7) is 3.38. The van der Waals surface area contributed by atoms with Crippen LogP contribution in [0.15, 0.2) is 18.2 Å². The van der Waals surface area contributed by atoms with E-state index in [0.717, 1.165) is 6.92 Å². The zero-order valence-corrected chi connectivity index (χ0v) is 12.3. The summed E-state index contributed by atoms with van der Waals surface area (Å²) in [5.41, 5.74) is 0.125. The van der Waals surface area contributed by atoms with Gasteiger partial charge in [0.2, 0.25) is 11.8 Å². The van der Waals surface area contributed by atoms with Gasteiger partial charge in [0, 0.05) is 13.0 Å². The van der Waals surface area contributed by atoms with E-state index in [2.05, 4.69) is 10.6 Å². The van der Waals surface area contributed by atoms with E-state index in [4.69, 9.17) is 9.84 Å². The molecule has 1 aromatic carbocycles. The predicted octanol–water partition coefficient (Wildman–Crippen LogP) is 0.709. The Morgan fingerprint density at radius 2 is 2.00 bits per heavy atom. The van der Waals surface area contributed by atoms with Crippen LogP contribution in [0.3, 0.4) is 0 Å². The van der Waals surface area contributed by atoms with Crippen LogP contribution in [0.5, 0.6) is 11.5 Å². The van der Waals surface area contributed by atoms with Crippen molar-refractivity contribution < 1.29 is 29.3 Å². The Kier molecular flexibility index (Phi) is 6.18. The quantitative estimate of drug-likeness (QED) is 0.550. The molecule has 0 aliphatic heterocycles. The standard InChI is InChI=1S/C14H18N2O6/c1-3-22-9-4-5-10(12(18)6-9)16-13(19)7-11(14(20)21)15-8(2)17/h4-6,11,18H,3,7H2,1-2H3,(H,15,17)(H,16,19)(H,20,21)/t11-/m0/s1. The number of amides is 2. The molecule has 0 radical (unpaired) electrons. The minimum absolute atomic E-state index is 0.125. The number of rotatable bonds is 7. The first-order chi connectivity index (χ1) is 10.3. The summed E-state index contributed by atoms with van der Waals surface area (Å²) < 4.78 is 5.19.